The molecule has 0 aromatic heterocycles. The summed E-state index contributed by atoms with van der Waals surface area (Å²) in [5.74, 6) is 0.321. The molecule has 1 amide bonds. The van der Waals surface area contributed by atoms with E-state index < -0.39 is 6.10 Å². The molecule has 3 aromatic rings. The van der Waals surface area contributed by atoms with Crippen molar-refractivity contribution in [1.29, 1.82) is 0 Å². The minimum absolute atomic E-state index is 0.312. The zero-order valence-electron chi connectivity index (χ0n) is 14.8. The number of ether oxygens (including phenoxy) is 1. The Labute approximate surface area is 167 Å². The number of nitrogens with one attached hydrogen (secondary N) is 1. The SMILES string of the molecule is CC(Oc1ccc(-c2ccccc2)cc1)C(=O)N/N=C/c1cccc(Br)c1. The van der Waals surface area contributed by atoms with Crippen LogP contribution in [0.3, 0.4) is 0 Å². The van der Waals surface area contributed by atoms with E-state index in [9.17, 15) is 4.79 Å². The van der Waals surface area contributed by atoms with Gasteiger partial charge in [0.05, 0.1) is 6.21 Å². The zero-order valence-corrected chi connectivity index (χ0v) is 16.4. The lowest BCUT2D eigenvalue weighted by Crippen LogP contribution is -2.33. The molecular weight excluding hydrogens is 404 g/mol. The van der Waals surface area contributed by atoms with Crippen molar-refractivity contribution in [3.8, 4) is 16.9 Å². The van der Waals surface area contributed by atoms with Gasteiger partial charge in [-0.05, 0) is 47.9 Å². The molecule has 0 aliphatic carbocycles. The van der Waals surface area contributed by atoms with Crippen molar-refractivity contribution in [2.45, 2.75) is 13.0 Å². The molecule has 0 aliphatic rings. The van der Waals surface area contributed by atoms with Gasteiger partial charge in [-0.2, -0.15) is 5.10 Å². The van der Waals surface area contributed by atoms with E-state index in [1.54, 1.807) is 13.1 Å². The van der Waals surface area contributed by atoms with Crippen molar-refractivity contribution in [3.05, 3.63) is 88.9 Å². The molecule has 5 heteroatoms. The van der Waals surface area contributed by atoms with Crippen LogP contribution in [-0.2, 0) is 4.79 Å². The molecule has 0 bridgehead atoms. The molecule has 3 aromatic carbocycles. The quantitative estimate of drug-likeness (QED) is 0.447. The first-order valence-electron chi connectivity index (χ1n) is 8.52. The maximum absolute atomic E-state index is 12.1. The highest BCUT2D eigenvalue weighted by Crippen LogP contribution is 2.22. The van der Waals surface area contributed by atoms with Gasteiger partial charge in [-0.3, -0.25) is 4.79 Å². The zero-order chi connectivity index (χ0) is 19.1. The van der Waals surface area contributed by atoms with Crippen molar-refractivity contribution >= 4 is 28.1 Å². The van der Waals surface area contributed by atoms with Crippen LogP contribution in [0.15, 0.2) is 88.4 Å². The van der Waals surface area contributed by atoms with Crippen LogP contribution < -0.4 is 10.2 Å². The van der Waals surface area contributed by atoms with Crippen LogP contribution in [0, 0.1) is 0 Å². The molecule has 4 nitrogen and oxygen atoms in total. The lowest BCUT2D eigenvalue weighted by Gasteiger charge is -2.13. The smallest absolute Gasteiger partial charge is 0.280 e. The lowest BCUT2D eigenvalue weighted by molar-refractivity contribution is -0.127. The third-order valence-corrected chi connectivity index (χ3v) is 4.37. The summed E-state index contributed by atoms with van der Waals surface area (Å²) in [6, 6.07) is 25.4. The molecule has 0 heterocycles. The van der Waals surface area contributed by atoms with Crippen molar-refractivity contribution in [2.24, 2.45) is 5.10 Å². The summed E-state index contributed by atoms with van der Waals surface area (Å²) in [5.41, 5.74) is 5.61. The van der Waals surface area contributed by atoms with Gasteiger partial charge in [0.15, 0.2) is 6.10 Å². The predicted octanol–water partition coefficient (Wildman–Crippen LogP) is 5.03. The van der Waals surface area contributed by atoms with E-state index >= 15 is 0 Å². The van der Waals surface area contributed by atoms with E-state index in [1.165, 1.54) is 0 Å². The van der Waals surface area contributed by atoms with Gasteiger partial charge in [0, 0.05) is 4.47 Å². The molecular formula is C22H19BrN2O2. The number of carbonyl (C=O) groups is 1. The summed E-state index contributed by atoms with van der Waals surface area (Å²) in [6.45, 7) is 1.69. The number of carbonyl (C=O) groups excluding carboxylic acids is 1. The first-order chi connectivity index (χ1) is 13.1. The van der Waals surface area contributed by atoms with Gasteiger partial charge >= 0.3 is 0 Å². The standard InChI is InChI=1S/C22H19BrN2O2/c1-16(22(26)25-24-15-17-6-5-9-20(23)14-17)27-21-12-10-19(11-13-21)18-7-3-2-4-8-18/h2-16H,1H3,(H,25,26)/b24-15+. The second kappa shape index (κ2) is 9.14. The minimum atomic E-state index is -0.660. The summed E-state index contributed by atoms with van der Waals surface area (Å²) < 4.78 is 6.65. The Kier molecular flexibility index (Phi) is 6.39. The van der Waals surface area contributed by atoms with Crippen LogP contribution in [0.1, 0.15) is 12.5 Å². The predicted molar refractivity (Wildman–Crippen MR) is 112 cm³/mol. The summed E-state index contributed by atoms with van der Waals surface area (Å²) in [6.07, 6.45) is 0.927. The first-order valence-corrected chi connectivity index (χ1v) is 9.32. The molecule has 27 heavy (non-hydrogen) atoms. The van der Waals surface area contributed by atoms with Crippen LogP contribution in [-0.4, -0.2) is 18.2 Å². The fourth-order valence-electron chi connectivity index (χ4n) is 2.46. The van der Waals surface area contributed by atoms with Crippen molar-refractivity contribution < 1.29 is 9.53 Å². The average molecular weight is 423 g/mol. The summed E-state index contributed by atoms with van der Waals surface area (Å²) >= 11 is 3.39. The largest absolute Gasteiger partial charge is 0.481 e. The Morgan fingerprint density at radius 1 is 1.00 bits per heavy atom. The molecule has 0 spiro atoms. The number of nitrogens with zero attached hydrogens (tertiary/aromatic N) is 1. The second-order valence-electron chi connectivity index (χ2n) is 5.94. The fraction of sp³-hybridized carbons (Fsp3) is 0.0909. The van der Waals surface area contributed by atoms with Gasteiger partial charge in [-0.25, -0.2) is 5.43 Å². The Balaban J connectivity index is 1.55. The summed E-state index contributed by atoms with van der Waals surface area (Å²) in [7, 11) is 0. The molecule has 0 radical (unpaired) electrons. The van der Waals surface area contributed by atoms with E-state index in [4.69, 9.17) is 4.74 Å². The van der Waals surface area contributed by atoms with Gasteiger partial charge in [0.1, 0.15) is 5.75 Å². The molecule has 1 atom stereocenters. The van der Waals surface area contributed by atoms with Crippen LogP contribution in [0.4, 0.5) is 0 Å². The number of hydrogen-bond acceptors (Lipinski definition) is 3. The first kappa shape index (κ1) is 18.9. The molecule has 3 rings (SSSR count). The third-order valence-electron chi connectivity index (χ3n) is 3.88. The van der Waals surface area contributed by atoms with Crippen LogP contribution in [0.25, 0.3) is 11.1 Å². The summed E-state index contributed by atoms with van der Waals surface area (Å²) in [4.78, 5) is 12.1. The number of hydrogen-bond donors (Lipinski definition) is 1. The maximum Gasteiger partial charge on any atom is 0.280 e. The van der Waals surface area contributed by atoms with E-state index in [0.29, 0.717) is 5.75 Å². The van der Waals surface area contributed by atoms with E-state index in [-0.39, 0.29) is 5.91 Å². The van der Waals surface area contributed by atoms with Crippen LogP contribution in [0.2, 0.25) is 0 Å². The van der Waals surface area contributed by atoms with Crippen LogP contribution >= 0.6 is 15.9 Å². The van der Waals surface area contributed by atoms with Gasteiger partial charge < -0.3 is 4.74 Å². The van der Waals surface area contributed by atoms with E-state index in [0.717, 1.165) is 21.2 Å². The van der Waals surface area contributed by atoms with Crippen molar-refractivity contribution in [2.75, 3.05) is 0 Å². The lowest BCUT2D eigenvalue weighted by atomic mass is 10.1. The molecule has 0 aliphatic heterocycles. The number of rotatable bonds is 6. The van der Waals surface area contributed by atoms with Crippen molar-refractivity contribution in [3.63, 3.8) is 0 Å². The second-order valence-corrected chi connectivity index (χ2v) is 6.86. The van der Waals surface area contributed by atoms with Gasteiger partial charge in [-0.15, -0.1) is 0 Å². The number of hydrazone groups is 1. The Morgan fingerprint density at radius 2 is 1.70 bits per heavy atom. The van der Waals surface area contributed by atoms with Gasteiger partial charge in [0.25, 0.3) is 5.91 Å². The average Bonchev–Trinajstić information content (AvgIpc) is 2.69. The Hall–Kier alpha value is -2.92. The highest BCUT2D eigenvalue weighted by Gasteiger charge is 2.13. The van der Waals surface area contributed by atoms with Gasteiger partial charge in [0.2, 0.25) is 0 Å². The maximum atomic E-state index is 12.1. The monoisotopic (exact) mass is 422 g/mol. The van der Waals surface area contributed by atoms with Gasteiger partial charge in [-0.1, -0.05) is 70.5 Å². The number of halogens is 1. The highest BCUT2D eigenvalue weighted by molar-refractivity contribution is 9.10. The van der Waals surface area contributed by atoms with Crippen molar-refractivity contribution in [1.82, 2.24) is 5.43 Å². The Morgan fingerprint density at radius 3 is 2.41 bits per heavy atom. The molecule has 136 valence electrons. The molecule has 1 unspecified atom stereocenters. The molecule has 0 fully saturated rings. The highest BCUT2D eigenvalue weighted by atomic mass is 79.9. The summed E-state index contributed by atoms with van der Waals surface area (Å²) in [5, 5.41) is 3.97. The number of benzene rings is 3. The Bertz CT molecular complexity index is 925. The molecule has 0 saturated carbocycles. The topological polar surface area (TPSA) is 50.7 Å². The van der Waals surface area contributed by atoms with E-state index in [2.05, 4.69) is 38.6 Å². The molecule has 0 saturated heterocycles. The number of amides is 1. The third kappa shape index (κ3) is 5.53. The van der Waals surface area contributed by atoms with E-state index in [1.807, 2.05) is 66.7 Å². The normalized spacial score (nSPS) is 11.9. The fourth-order valence-corrected chi connectivity index (χ4v) is 2.88. The van der Waals surface area contributed by atoms with Crippen LogP contribution in [0.5, 0.6) is 5.75 Å². The minimum Gasteiger partial charge on any atom is -0.481 e. The molecule has 1 N–H and O–H groups in total.